The van der Waals surface area contributed by atoms with E-state index < -0.39 is 0 Å². The van der Waals surface area contributed by atoms with Gasteiger partial charge >= 0.3 is 6.01 Å². The van der Waals surface area contributed by atoms with E-state index in [0.717, 1.165) is 13.1 Å². The van der Waals surface area contributed by atoms with Crippen molar-refractivity contribution in [2.75, 3.05) is 37.5 Å². The molecule has 0 aliphatic carbocycles. The number of nitrogens with zero attached hydrogens (tertiary/aromatic N) is 4. The van der Waals surface area contributed by atoms with Gasteiger partial charge in [0, 0.05) is 20.1 Å². The van der Waals surface area contributed by atoms with E-state index >= 15 is 0 Å². The van der Waals surface area contributed by atoms with E-state index in [1.54, 1.807) is 7.11 Å². The van der Waals surface area contributed by atoms with Crippen LogP contribution in [0.4, 0.5) is 11.9 Å². The highest BCUT2D eigenvalue weighted by Crippen LogP contribution is 2.12. The third-order valence-corrected chi connectivity index (χ3v) is 1.94. The van der Waals surface area contributed by atoms with E-state index in [2.05, 4.69) is 20.3 Å². The Bertz CT molecular complexity index is 317. The molecule has 0 fully saturated rings. The zero-order valence-electron chi connectivity index (χ0n) is 9.61. The third kappa shape index (κ3) is 2.93. The second kappa shape index (κ2) is 5.33. The molecule has 0 aromatic carbocycles. The van der Waals surface area contributed by atoms with Crippen LogP contribution in [-0.4, -0.2) is 42.2 Å². The molecule has 0 spiro atoms. The smallest absolute Gasteiger partial charge is 0.322 e. The highest BCUT2D eigenvalue weighted by atomic mass is 16.5. The number of methoxy groups -OCH3 is 1. The molecule has 1 aromatic heterocycles. The minimum atomic E-state index is 0.330. The van der Waals surface area contributed by atoms with Gasteiger partial charge < -0.3 is 15.0 Å². The molecule has 1 aromatic rings. The highest BCUT2D eigenvalue weighted by molar-refractivity contribution is 5.37. The maximum atomic E-state index is 5.01. The van der Waals surface area contributed by atoms with E-state index in [-0.39, 0.29) is 0 Å². The first-order valence-electron chi connectivity index (χ1n) is 4.96. The summed E-state index contributed by atoms with van der Waals surface area (Å²) in [6.45, 7) is 5.61. The average Bonchev–Trinajstić information content (AvgIpc) is 2.28. The summed E-state index contributed by atoms with van der Waals surface area (Å²) >= 11 is 0. The van der Waals surface area contributed by atoms with Gasteiger partial charge in [-0.25, -0.2) is 0 Å². The Hall–Kier alpha value is -1.59. The molecule has 0 bridgehead atoms. The molecule has 1 N–H and O–H groups in total. The summed E-state index contributed by atoms with van der Waals surface area (Å²) in [5, 5.41) is 3.03. The molecule has 1 heterocycles. The number of aromatic nitrogens is 3. The summed E-state index contributed by atoms with van der Waals surface area (Å²) in [5.41, 5.74) is 0. The minimum Gasteiger partial charge on any atom is -0.467 e. The Morgan fingerprint density at radius 3 is 2.53 bits per heavy atom. The third-order valence-electron chi connectivity index (χ3n) is 1.94. The monoisotopic (exact) mass is 211 g/mol. The summed E-state index contributed by atoms with van der Waals surface area (Å²) in [6, 6.07) is 0.330. The fourth-order valence-electron chi connectivity index (χ4n) is 0.986. The fraction of sp³-hybridized carbons (Fsp3) is 0.667. The zero-order valence-corrected chi connectivity index (χ0v) is 9.61. The largest absolute Gasteiger partial charge is 0.467 e. The van der Waals surface area contributed by atoms with Crippen LogP contribution in [0.15, 0.2) is 0 Å². The highest BCUT2D eigenvalue weighted by Gasteiger charge is 2.08. The fourth-order valence-corrected chi connectivity index (χ4v) is 0.986. The van der Waals surface area contributed by atoms with Crippen molar-refractivity contribution in [2.45, 2.75) is 13.8 Å². The molecule has 0 amide bonds. The number of ether oxygens (including phenoxy) is 1. The molecule has 0 atom stereocenters. The van der Waals surface area contributed by atoms with Crippen molar-refractivity contribution in [1.82, 2.24) is 15.0 Å². The second-order valence-electron chi connectivity index (χ2n) is 2.99. The first-order valence-corrected chi connectivity index (χ1v) is 4.96. The van der Waals surface area contributed by atoms with Crippen molar-refractivity contribution in [3.8, 4) is 6.01 Å². The predicted molar refractivity (Wildman–Crippen MR) is 59.5 cm³/mol. The molecule has 6 nitrogen and oxygen atoms in total. The molecule has 6 heteroatoms. The van der Waals surface area contributed by atoms with E-state index in [9.17, 15) is 0 Å². The Labute approximate surface area is 89.7 Å². The van der Waals surface area contributed by atoms with Crippen LogP contribution in [0.5, 0.6) is 6.01 Å². The van der Waals surface area contributed by atoms with Crippen molar-refractivity contribution in [3.05, 3.63) is 0 Å². The van der Waals surface area contributed by atoms with Gasteiger partial charge in [0.1, 0.15) is 0 Å². The van der Waals surface area contributed by atoms with Gasteiger partial charge in [-0.3, -0.25) is 0 Å². The molecule has 1 rings (SSSR count). The Morgan fingerprint density at radius 2 is 2.00 bits per heavy atom. The molecule has 0 unspecified atom stereocenters. The first kappa shape index (κ1) is 11.5. The minimum absolute atomic E-state index is 0.330. The van der Waals surface area contributed by atoms with Crippen LogP contribution >= 0.6 is 0 Å². The number of hydrogen-bond acceptors (Lipinski definition) is 6. The molecule has 84 valence electrons. The van der Waals surface area contributed by atoms with Crippen LogP contribution in [0.3, 0.4) is 0 Å². The lowest BCUT2D eigenvalue weighted by atomic mass is 10.6. The summed E-state index contributed by atoms with van der Waals surface area (Å²) in [6.07, 6.45) is 0. The van der Waals surface area contributed by atoms with Crippen LogP contribution in [0.2, 0.25) is 0 Å². The topological polar surface area (TPSA) is 63.2 Å². The van der Waals surface area contributed by atoms with Crippen LogP contribution in [0, 0.1) is 0 Å². The lowest BCUT2D eigenvalue weighted by molar-refractivity contribution is 0.379. The van der Waals surface area contributed by atoms with Gasteiger partial charge in [-0.1, -0.05) is 0 Å². The van der Waals surface area contributed by atoms with Crippen molar-refractivity contribution in [3.63, 3.8) is 0 Å². The number of hydrogen-bond donors (Lipinski definition) is 1. The average molecular weight is 211 g/mol. The molecule has 0 saturated carbocycles. The van der Waals surface area contributed by atoms with Crippen molar-refractivity contribution in [1.29, 1.82) is 0 Å². The summed E-state index contributed by atoms with van der Waals surface area (Å²) in [4.78, 5) is 14.4. The zero-order chi connectivity index (χ0) is 11.3. The number of rotatable bonds is 5. The first-order chi connectivity index (χ1) is 7.21. The Balaban J connectivity index is 2.99. The Morgan fingerprint density at radius 1 is 1.27 bits per heavy atom. The Kier molecular flexibility index (Phi) is 4.08. The lowest BCUT2D eigenvalue weighted by Crippen LogP contribution is -2.20. The maximum absolute atomic E-state index is 5.01. The number of nitrogens with one attached hydrogen (secondary N) is 1. The van der Waals surface area contributed by atoms with Gasteiger partial charge in [-0.2, -0.15) is 15.0 Å². The van der Waals surface area contributed by atoms with Gasteiger partial charge in [-0.15, -0.1) is 0 Å². The molecule has 0 saturated heterocycles. The predicted octanol–water partition coefficient (Wildman–Crippen LogP) is 0.768. The summed E-state index contributed by atoms with van der Waals surface area (Å²) in [7, 11) is 3.46. The maximum Gasteiger partial charge on any atom is 0.322 e. The van der Waals surface area contributed by atoms with Crippen molar-refractivity contribution < 1.29 is 4.74 Å². The molecule has 15 heavy (non-hydrogen) atoms. The molecule has 0 aliphatic heterocycles. The van der Waals surface area contributed by atoms with E-state index in [0.29, 0.717) is 17.9 Å². The van der Waals surface area contributed by atoms with Crippen LogP contribution in [0.1, 0.15) is 13.8 Å². The second-order valence-corrected chi connectivity index (χ2v) is 2.99. The summed E-state index contributed by atoms with van der Waals surface area (Å²) in [5.74, 6) is 1.15. The summed E-state index contributed by atoms with van der Waals surface area (Å²) < 4.78 is 5.01. The molecule has 0 radical (unpaired) electrons. The van der Waals surface area contributed by atoms with Gasteiger partial charge in [-0.05, 0) is 13.8 Å². The molecule has 0 aliphatic rings. The van der Waals surface area contributed by atoms with Gasteiger partial charge in [0.2, 0.25) is 11.9 Å². The molecular formula is C9H17N5O. The van der Waals surface area contributed by atoms with Crippen molar-refractivity contribution in [2.24, 2.45) is 0 Å². The van der Waals surface area contributed by atoms with Crippen LogP contribution in [0.25, 0.3) is 0 Å². The van der Waals surface area contributed by atoms with Crippen LogP contribution < -0.4 is 15.0 Å². The molecular weight excluding hydrogens is 194 g/mol. The number of anilines is 2. The van der Waals surface area contributed by atoms with Gasteiger partial charge in [0.15, 0.2) is 0 Å². The van der Waals surface area contributed by atoms with Gasteiger partial charge in [0.25, 0.3) is 0 Å². The van der Waals surface area contributed by atoms with E-state index in [1.807, 2.05) is 25.8 Å². The van der Waals surface area contributed by atoms with Crippen LogP contribution in [-0.2, 0) is 0 Å². The van der Waals surface area contributed by atoms with E-state index in [4.69, 9.17) is 4.74 Å². The lowest BCUT2D eigenvalue weighted by Gasteiger charge is -2.15. The standard InChI is InChI=1S/C9H17N5O/c1-5-10-7-11-8(14(3)6-2)13-9(12-7)15-4/h5-6H2,1-4H3,(H,10,11,12,13). The van der Waals surface area contributed by atoms with Gasteiger partial charge in [0.05, 0.1) is 7.11 Å². The SMILES string of the molecule is CCNc1nc(OC)nc(N(C)CC)n1. The van der Waals surface area contributed by atoms with E-state index in [1.165, 1.54) is 0 Å². The normalized spacial score (nSPS) is 9.87. The quantitative estimate of drug-likeness (QED) is 0.776. The van der Waals surface area contributed by atoms with Crippen molar-refractivity contribution >= 4 is 11.9 Å².